The zero-order valence-electron chi connectivity index (χ0n) is 14.0. The minimum Gasteiger partial charge on any atom is -0.351 e. The predicted molar refractivity (Wildman–Crippen MR) is 90.2 cm³/mol. The van der Waals surface area contributed by atoms with Crippen LogP contribution in [-0.4, -0.2) is 60.2 Å². The lowest BCUT2D eigenvalue weighted by atomic mass is 10.1. The van der Waals surface area contributed by atoms with Gasteiger partial charge in [-0.3, -0.25) is 9.69 Å². The van der Waals surface area contributed by atoms with E-state index in [4.69, 9.17) is 4.52 Å². The second-order valence-electron chi connectivity index (χ2n) is 6.66. The van der Waals surface area contributed by atoms with Gasteiger partial charge in [-0.25, -0.2) is 4.98 Å². The van der Waals surface area contributed by atoms with Gasteiger partial charge in [0, 0.05) is 50.9 Å². The number of piperazine rings is 1. The summed E-state index contributed by atoms with van der Waals surface area (Å²) in [6.07, 6.45) is 2.27. The predicted octanol–water partition coefficient (Wildman–Crippen LogP) is 1.04. The molecule has 7 nitrogen and oxygen atoms in total. The minimum atomic E-state index is -0.0641. The van der Waals surface area contributed by atoms with Crippen molar-refractivity contribution in [2.24, 2.45) is 0 Å². The van der Waals surface area contributed by atoms with E-state index in [0.29, 0.717) is 29.4 Å². The highest BCUT2D eigenvalue weighted by molar-refractivity contribution is 6.06. The van der Waals surface area contributed by atoms with E-state index in [2.05, 4.69) is 25.7 Å². The SMILES string of the molecule is Cc1noc2nc(C3CC3)cc(C(=O)NCCN3CCNCC3)c12. The van der Waals surface area contributed by atoms with Crippen molar-refractivity contribution in [3.63, 3.8) is 0 Å². The average molecular weight is 329 g/mol. The zero-order chi connectivity index (χ0) is 16.5. The van der Waals surface area contributed by atoms with Crippen molar-refractivity contribution in [1.29, 1.82) is 0 Å². The Balaban J connectivity index is 1.49. The standard InChI is InChI=1S/C17H23N5O2/c1-11-15-13(10-14(12-2-3-12)20-17(15)24-21-11)16(23)19-6-9-22-7-4-18-5-8-22/h10,12,18H,2-9H2,1H3,(H,19,23). The summed E-state index contributed by atoms with van der Waals surface area (Å²) in [6, 6.07) is 1.92. The first-order valence-electron chi connectivity index (χ1n) is 8.70. The molecule has 0 bridgehead atoms. The van der Waals surface area contributed by atoms with Crippen LogP contribution < -0.4 is 10.6 Å². The van der Waals surface area contributed by atoms with Crippen LogP contribution in [0.4, 0.5) is 0 Å². The Kier molecular flexibility index (Phi) is 4.20. The highest BCUT2D eigenvalue weighted by atomic mass is 16.5. The van der Waals surface area contributed by atoms with Crippen molar-refractivity contribution in [3.8, 4) is 0 Å². The van der Waals surface area contributed by atoms with Gasteiger partial charge in [0.2, 0.25) is 0 Å². The third-order valence-electron chi connectivity index (χ3n) is 4.80. The number of hydrogen-bond acceptors (Lipinski definition) is 6. The maximum Gasteiger partial charge on any atom is 0.259 e. The number of nitrogens with zero attached hydrogens (tertiary/aromatic N) is 3. The van der Waals surface area contributed by atoms with Crippen molar-refractivity contribution in [1.82, 2.24) is 25.7 Å². The number of aryl methyl sites for hydroxylation is 1. The lowest BCUT2D eigenvalue weighted by molar-refractivity contribution is 0.0948. The fourth-order valence-corrected chi connectivity index (χ4v) is 3.24. The monoisotopic (exact) mass is 329 g/mol. The summed E-state index contributed by atoms with van der Waals surface area (Å²) < 4.78 is 5.30. The number of rotatable bonds is 5. The van der Waals surface area contributed by atoms with Crippen LogP contribution in [-0.2, 0) is 0 Å². The van der Waals surface area contributed by atoms with Crippen LogP contribution in [0.25, 0.3) is 11.1 Å². The third kappa shape index (κ3) is 3.14. The average Bonchev–Trinajstić information content (AvgIpc) is 3.39. The largest absolute Gasteiger partial charge is 0.351 e. The zero-order valence-corrected chi connectivity index (χ0v) is 14.0. The molecule has 1 saturated carbocycles. The van der Waals surface area contributed by atoms with E-state index in [0.717, 1.165) is 56.6 Å². The van der Waals surface area contributed by atoms with E-state index in [1.54, 1.807) is 0 Å². The van der Waals surface area contributed by atoms with Gasteiger partial charge >= 0.3 is 0 Å². The summed E-state index contributed by atoms with van der Waals surface area (Å²) in [6.45, 7) is 7.47. The van der Waals surface area contributed by atoms with E-state index in [1.807, 2.05) is 13.0 Å². The second-order valence-corrected chi connectivity index (χ2v) is 6.66. The molecule has 0 spiro atoms. The normalized spacial score (nSPS) is 18.9. The van der Waals surface area contributed by atoms with Crippen molar-refractivity contribution in [2.75, 3.05) is 39.3 Å². The maximum atomic E-state index is 12.7. The van der Waals surface area contributed by atoms with Gasteiger partial charge in [0.15, 0.2) is 0 Å². The van der Waals surface area contributed by atoms with Crippen molar-refractivity contribution in [2.45, 2.75) is 25.7 Å². The van der Waals surface area contributed by atoms with Gasteiger partial charge in [-0.2, -0.15) is 0 Å². The molecule has 24 heavy (non-hydrogen) atoms. The summed E-state index contributed by atoms with van der Waals surface area (Å²) in [4.78, 5) is 19.6. The summed E-state index contributed by atoms with van der Waals surface area (Å²) in [7, 11) is 0. The molecule has 1 aliphatic heterocycles. The molecule has 1 saturated heterocycles. The number of carbonyl (C=O) groups excluding carboxylic acids is 1. The molecule has 2 aliphatic rings. The molecule has 3 heterocycles. The third-order valence-corrected chi connectivity index (χ3v) is 4.80. The van der Waals surface area contributed by atoms with Gasteiger partial charge in [-0.15, -0.1) is 0 Å². The van der Waals surface area contributed by atoms with Crippen LogP contribution in [0.5, 0.6) is 0 Å². The quantitative estimate of drug-likeness (QED) is 0.853. The number of nitrogens with one attached hydrogen (secondary N) is 2. The summed E-state index contributed by atoms with van der Waals surface area (Å²) in [5.41, 5.74) is 2.78. The van der Waals surface area contributed by atoms with Crippen LogP contribution in [0.1, 0.15) is 40.5 Å². The maximum absolute atomic E-state index is 12.7. The van der Waals surface area contributed by atoms with Gasteiger partial charge in [0.25, 0.3) is 11.6 Å². The van der Waals surface area contributed by atoms with Crippen LogP contribution >= 0.6 is 0 Å². The molecule has 2 N–H and O–H groups in total. The number of fused-ring (bicyclic) bond motifs is 1. The van der Waals surface area contributed by atoms with Crippen LogP contribution in [0, 0.1) is 6.92 Å². The van der Waals surface area contributed by atoms with Gasteiger partial charge < -0.3 is 15.2 Å². The first-order chi connectivity index (χ1) is 11.7. The van der Waals surface area contributed by atoms with Gasteiger partial charge in [-0.05, 0) is 25.8 Å². The smallest absolute Gasteiger partial charge is 0.259 e. The second kappa shape index (κ2) is 6.49. The molecule has 1 amide bonds. The van der Waals surface area contributed by atoms with E-state index in [-0.39, 0.29) is 5.91 Å². The molecule has 1 aliphatic carbocycles. The molecule has 7 heteroatoms. The lowest BCUT2D eigenvalue weighted by Crippen LogP contribution is -2.46. The molecule has 0 radical (unpaired) electrons. The van der Waals surface area contributed by atoms with Crippen molar-refractivity contribution in [3.05, 3.63) is 23.0 Å². The Morgan fingerprint density at radius 3 is 2.96 bits per heavy atom. The first-order valence-corrected chi connectivity index (χ1v) is 8.70. The molecule has 4 rings (SSSR count). The highest BCUT2D eigenvalue weighted by Crippen LogP contribution is 2.40. The van der Waals surface area contributed by atoms with E-state index >= 15 is 0 Å². The van der Waals surface area contributed by atoms with E-state index in [9.17, 15) is 4.79 Å². The van der Waals surface area contributed by atoms with Gasteiger partial charge in [-0.1, -0.05) is 5.16 Å². The van der Waals surface area contributed by atoms with E-state index in [1.165, 1.54) is 0 Å². The molecule has 2 aromatic rings. The summed E-state index contributed by atoms with van der Waals surface area (Å²) >= 11 is 0. The fraction of sp³-hybridized carbons (Fsp3) is 0.588. The van der Waals surface area contributed by atoms with Crippen molar-refractivity contribution >= 4 is 17.0 Å². The molecular formula is C17H23N5O2. The van der Waals surface area contributed by atoms with E-state index < -0.39 is 0 Å². The number of hydrogen-bond donors (Lipinski definition) is 2. The minimum absolute atomic E-state index is 0.0641. The Hall–Kier alpha value is -1.99. The molecule has 128 valence electrons. The molecule has 0 unspecified atom stereocenters. The lowest BCUT2D eigenvalue weighted by Gasteiger charge is -2.27. The first kappa shape index (κ1) is 15.5. The number of amides is 1. The Morgan fingerprint density at radius 2 is 2.21 bits per heavy atom. The molecule has 0 aromatic carbocycles. The molecule has 0 atom stereocenters. The topological polar surface area (TPSA) is 83.3 Å². The van der Waals surface area contributed by atoms with Gasteiger partial charge in [0.1, 0.15) is 0 Å². The van der Waals surface area contributed by atoms with Crippen LogP contribution in [0.3, 0.4) is 0 Å². The highest BCUT2D eigenvalue weighted by Gasteiger charge is 2.28. The van der Waals surface area contributed by atoms with Crippen LogP contribution in [0.2, 0.25) is 0 Å². The van der Waals surface area contributed by atoms with Crippen LogP contribution in [0.15, 0.2) is 10.6 Å². The molecule has 2 fully saturated rings. The Morgan fingerprint density at radius 1 is 1.42 bits per heavy atom. The summed E-state index contributed by atoms with van der Waals surface area (Å²) in [5, 5.41) is 11.1. The van der Waals surface area contributed by atoms with Crippen molar-refractivity contribution < 1.29 is 9.32 Å². The number of carbonyl (C=O) groups is 1. The Bertz CT molecular complexity index is 747. The fourth-order valence-electron chi connectivity index (χ4n) is 3.24. The molecular weight excluding hydrogens is 306 g/mol. The number of pyridine rings is 1. The Labute approximate surface area is 140 Å². The van der Waals surface area contributed by atoms with Gasteiger partial charge in [0.05, 0.1) is 16.6 Å². The summed E-state index contributed by atoms with van der Waals surface area (Å²) in [5.74, 6) is 0.401. The molecule has 2 aromatic heterocycles. The number of aromatic nitrogens is 2.